The van der Waals surface area contributed by atoms with Gasteiger partial charge in [0.15, 0.2) is 0 Å². The topological polar surface area (TPSA) is 82.4 Å². The van der Waals surface area contributed by atoms with Gasteiger partial charge in [-0.3, -0.25) is 4.79 Å². The molecule has 0 aromatic carbocycles. The molecule has 5 atom stereocenters. The average Bonchev–Trinajstić information content (AvgIpc) is 2.76. The summed E-state index contributed by atoms with van der Waals surface area (Å²) in [5.41, 5.74) is -0.626. The fourth-order valence-electron chi connectivity index (χ4n) is 2.90. The lowest BCUT2D eigenvalue weighted by Gasteiger charge is -2.31. The van der Waals surface area contributed by atoms with Crippen LogP contribution in [0, 0.1) is 29.1 Å². The SMILES string of the molecule is CCC(C)[C@H](NC(=O)OC(C)(C)C)C(=O)N1C[C@@H](C)[C@@H](C)[C@@H]1C#N. The zero-order chi connectivity index (χ0) is 18.7. The van der Waals surface area contributed by atoms with E-state index >= 15 is 0 Å². The van der Waals surface area contributed by atoms with Crippen LogP contribution in [0.15, 0.2) is 0 Å². The molecule has 6 nitrogen and oxygen atoms in total. The van der Waals surface area contributed by atoms with Crippen LogP contribution in [0.3, 0.4) is 0 Å². The maximum atomic E-state index is 13.0. The standard InChI is InChI=1S/C18H31N3O3/c1-8-11(2)15(20-17(23)24-18(5,6)7)16(22)21-10-12(3)13(4)14(21)9-19/h11-15H,8,10H2,1-7H3,(H,20,23)/t11?,12-,13-,14+,15+/m1/s1. The number of hydrogen-bond acceptors (Lipinski definition) is 4. The molecule has 136 valence electrons. The van der Waals surface area contributed by atoms with Gasteiger partial charge in [0.2, 0.25) is 5.91 Å². The Kier molecular flexibility index (Phi) is 6.65. The quantitative estimate of drug-likeness (QED) is 0.855. The van der Waals surface area contributed by atoms with Crippen molar-refractivity contribution in [2.45, 2.75) is 72.6 Å². The zero-order valence-electron chi connectivity index (χ0n) is 15.9. The third-order valence-corrected chi connectivity index (χ3v) is 4.78. The number of alkyl carbamates (subject to hydrolysis) is 1. The Morgan fingerprint density at radius 1 is 1.38 bits per heavy atom. The van der Waals surface area contributed by atoms with E-state index < -0.39 is 23.8 Å². The molecule has 1 aliphatic heterocycles. The lowest BCUT2D eigenvalue weighted by atomic mass is 9.94. The predicted molar refractivity (Wildman–Crippen MR) is 92.1 cm³/mol. The Balaban J connectivity index is 2.94. The van der Waals surface area contributed by atoms with Crippen molar-refractivity contribution in [3.05, 3.63) is 0 Å². The van der Waals surface area contributed by atoms with Gasteiger partial charge in [0.05, 0.1) is 6.07 Å². The van der Waals surface area contributed by atoms with Crippen LogP contribution in [0.4, 0.5) is 4.79 Å². The highest BCUT2D eigenvalue weighted by molar-refractivity contribution is 5.86. The summed E-state index contributed by atoms with van der Waals surface area (Å²) in [7, 11) is 0. The van der Waals surface area contributed by atoms with Gasteiger partial charge < -0.3 is 15.0 Å². The van der Waals surface area contributed by atoms with Gasteiger partial charge in [0, 0.05) is 6.54 Å². The molecule has 1 heterocycles. The lowest BCUT2D eigenvalue weighted by Crippen LogP contribution is -2.53. The van der Waals surface area contributed by atoms with Gasteiger partial charge in [-0.1, -0.05) is 34.1 Å². The van der Waals surface area contributed by atoms with E-state index in [4.69, 9.17) is 4.74 Å². The van der Waals surface area contributed by atoms with Crippen molar-refractivity contribution >= 4 is 12.0 Å². The summed E-state index contributed by atoms with van der Waals surface area (Å²) >= 11 is 0. The summed E-state index contributed by atoms with van der Waals surface area (Å²) in [5.74, 6) is 0.143. The Labute approximate surface area is 145 Å². The van der Waals surface area contributed by atoms with Crippen molar-refractivity contribution in [1.82, 2.24) is 10.2 Å². The van der Waals surface area contributed by atoms with Crippen LogP contribution >= 0.6 is 0 Å². The number of carbonyl (C=O) groups is 2. The Hall–Kier alpha value is -1.77. The second-order valence-corrected chi connectivity index (χ2v) is 7.91. The third kappa shape index (κ3) is 4.86. The first-order valence-corrected chi connectivity index (χ1v) is 8.71. The van der Waals surface area contributed by atoms with E-state index in [0.29, 0.717) is 6.54 Å². The van der Waals surface area contributed by atoms with Crippen molar-refractivity contribution in [2.24, 2.45) is 17.8 Å². The van der Waals surface area contributed by atoms with E-state index in [0.717, 1.165) is 6.42 Å². The molecule has 0 spiro atoms. The maximum absolute atomic E-state index is 13.0. The highest BCUT2D eigenvalue weighted by atomic mass is 16.6. The molecule has 0 aromatic heterocycles. The van der Waals surface area contributed by atoms with Crippen LogP contribution in [0.25, 0.3) is 0 Å². The van der Waals surface area contributed by atoms with E-state index in [9.17, 15) is 14.9 Å². The molecule has 1 fully saturated rings. The van der Waals surface area contributed by atoms with Crippen LogP contribution < -0.4 is 5.32 Å². The Bertz CT molecular complexity index is 507. The summed E-state index contributed by atoms with van der Waals surface area (Å²) < 4.78 is 5.29. The predicted octanol–water partition coefficient (Wildman–Crippen LogP) is 2.93. The number of nitrogens with zero attached hydrogens (tertiary/aromatic N) is 2. The van der Waals surface area contributed by atoms with Gasteiger partial charge >= 0.3 is 6.09 Å². The Morgan fingerprint density at radius 2 is 1.96 bits per heavy atom. The van der Waals surface area contributed by atoms with Crippen molar-refractivity contribution in [3.8, 4) is 6.07 Å². The first kappa shape index (κ1) is 20.3. The van der Waals surface area contributed by atoms with Gasteiger partial charge in [-0.2, -0.15) is 5.26 Å². The smallest absolute Gasteiger partial charge is 0.408 e. The second-order valence-electron chi connectivity index (χ2n) is 7.91. The van der Waals surface area contributed by atoms with Gasteiger partial charge in [0.25, 0.3) is 0 Å². The molecule has 0 bridgehead atoms. The minimum atomic E-state index is -0.682. The summed E-state index contributed by atoms with van der Waals surface area (Å²) in [6, 6.07) is 1.11. The number of rotatable bonds is 4. The minimum Gasteiger partial charge on any atom is -0.444 e. The number of carbonyl (C=O) groups excluding carboxylic acids is 2. The molecule has 0 aromatic rings. The van der Waals surface area contributed by atoms with E-state index in [1.807, 2.05) is 27.7 Å². The van der Waals surface area contributed by atoms with Crippen molar-refractivity contribution in [1.29, 1.82) is 5.26 Å². The van der Waals surface area contributed by atoms with Crippen molar-refractivity contribution in [2.75, 3.05) is 6.54 Å². The van der Waals surface area contributed by atoms with Crippen molar-refractivity contribution in [3.63, 3.8) is 0 Å². The molecular formula is C18H31N3O3. The van der Waals surface area contributed by atoms with Gasteiger partial charge in [0.1, 0.15) is 17.7 Å². The monoisotopic (exact) mass is 337 g/mol. The first-order chi connectivity index (χ1) is 11.0. The van der Waals surface area contributed by atoms with Gasteiger partial charge in [-0.15, -0.1) is 0 Å². The molecule has 1 saturated heterocycles. The third-order valence-electron chi connectivity index (χ3n) is 4.78. The van der Waals surface area contributed by atoms with Crippen LogP contribution in [0.5, 0.6) is 0 Å². The molecular weight excluding hydrogens is 306 g/mol. The van der Waals surface area contributed by atoms with Crippen LogP contribution in [0.2, 0.25) is 0 Å². The van der Waals surface area contributed by atoms with Gasteiger partial charge in [-0.25, -0.2) is 4.79 Å². The normalized spacial score (nSPS) is 26.4. The highest BCUT2D eigenvalue weighted by Crippen LogP contribution is 2.30. The van der Waals surface area contributed by atoms with Gasteiger partial charge in [-0.05, 0) is 38.5 Å². The minimum absolute atomic E-state index is 0.0458. The molecule has 0 aliphatic carbocycles. The summed E-state index contributed by atoms with van der Waals surface area (Å²) in [5, 5.41) is 12.1. The molecule has 1 N–H and O–H groups in total. The van der Waals surface area contributed by atoms with E-state index in [-0.39, 0.29) is 23.7 Å². The average molecular weight is 337 g/mol. The summed E-state index contributed by atoms with van der Waals surface area (Å²) in [6.45, 7) is 13.8. The van der Waals surface area contributed by atoms with Crippen LogP contribution in [-0.2, 0) is 9.53 Å². The van der Waals surface area contributed by atoms with E-state index in [2.05, 4.69) is 11.4 Å². The van der Waals surface area contributed by atoms with E-state index in [1.54, 1.807) is 25.7 Å². The number of hydrogen-bond donors (Lipinski definition) is 1. The largest absolute Gasteiger partial charge is 0.444 e. The number of amides is 2. The molecule has 0 saturated carbocycles. The summed E-state index contributed by atoms with van der Waals surface area (Å²) in [4.78, 5) is 26.7. The zero-order valence-corrected chi connectivity index (χ0v) is 15.9. The molecule has 6 heteroatoms. The molecule has 0 radical (unpaired) electrons. The molecule has 1 aliphatic rings. The van der Waals surface area contributed by atoms with Crippen LogP contribution in [-0.4, -0.2) is 41.1 Å². The van der Waals surface area contributed by atoms with Crippen LogP contribution in [0.1, 0.15) is 54.9 Å². The van der Waals surface area contributed by atoms with Crippen molar-refractivity contribution < 1.29 is 14.3 Å². The number of likely N-dealkylation sites (tertiary alicyclic amines) is 1. The molecule has 1 rings (SSSR count). The fourth-order valence-corrected chi connectivity index (χ4v) is 2.90. The molecule has 2 amide bonds. The second kappa shape index (κ2) is 7.87. The fraction of sp³-hybridized carbons (Fsp3) is 0.833. The maximum Gasteiger partial charge on any atom is 0.408 e. The van der Waals surface area contributed by atoms with E-state index in [1.165, 1.54) is 0 Å². The Morgan fingerprint density at radius 3 is 2.42 bits per heavy atom. The molecule has 1 unspecified atom stereocenters. The highest BCUT2D eigenvalue weighted by Gasteiger charge is 2.43. The summed E-state index contributed by atoms with van der Waals surface area (Å²) in [6.07, 6.45) is 0.137. The first-order valence-electron chi connectivity index (χ1n) is 8.71. The molecule has 24 heavy (non-hydrogen) atoms. The number of nitriles is 1. The lowest BCUT2D eigenvalue weighted by molar-refractivity contribution is -0.135. The number of ether oxygens (including phenoxy) is 1. The number of nitrogens with one attached hydrogen (secondary N) is 1.